The lowest BCUT2D eigenvalue weighted by Gasteiger charge is -2.10. The van der Waals surface area contributed by atoms with Crippen molar-refractivity contribution in [1.29, 1.82) is 0 Å². The molecule has 28 heavy (non-hydrogen) atoms. The fraction of sp³-hybridized carbons (Fsp3) is 0.174. The predicted molar refractivity (Wildman–Crippen MR) is 109 cm³/mol. The summed E-state index contributed by atoms with van der Waals surface area (Å²) in [5, 5.41) is 11.4. The summed E-state index contributed by atoms with van der Waals surface area (Å²) in [5.41, 5.74) is 3.54. The number of rotatable bonds is 4. The van der Waals surface area contributed by atoms with Gasteiger partial charge >= 0.3 is 0 Å². The zero-order valence-corrected chi connectivity index (χ0v) is 15.9. The maximum atomic E-state index is 13.3. The molecule has 0 saturated heterocycles. The van der Waals surface area contributed by atoms with Crippen molar-refractivity contribution in [2.45, 2.75) is 20.3 Å². The van der Waals surface area contributed by atoms with Gasteiger partial charge in [0.15, 0.2) is 0 Å². The third kappa shape index (κ3) is 2.85. The van der Waals surface area contributed by atoms with E-state index in [1.165, 1.54) is 12.5 Å². The van der Waals surface area contributed by atoms with Crippen LogP contribution >= 0.6 is 0 Å². The highest BCUT2D eigenvalue weighted by Crippen LogP contribution is 2.38. The van der Waals surface area contributed by atoms with Crippen molar-refractivity contribution >= 4 is 21.9 Å². The van der Waals surface area contributed by atoms with Crippen LogP contribution in [0.5, 0.6) is 11.5 Å². The number of allylic oxidation sites excluding steroid dienone is 2. The molecule has 0 aliphatic carbocycles. The van der Waals surface area contributed by atoms with E-state index in [0.717, 1.165) is 11.1 Å². The van der Waals surface area contributed by atoms with Gasteiger partial charge in [-0.3, -0.25) is 4.79 Å². The van der Waals surface area contributed by atoms with Gasteiger partial charge in [-0.25, -0.2) is 0 Å². The topological polar surface area (TPSA) is 72.8 Å². The number of phenols is 1. The number of aromatic hydroxyl groups is 1. The number of fused-ring (bicyclic) bond motifs is 2. The SMILES string of the molecule is COc1ccc(-c2coc3c(CC=C(C)C)c4occc4c(O)c3c2=O)cc1. The first-order valence-corrected chi connectivity index (χ1v) is 8.95. The molecule has 0 aliphatic rings. The molecule has 4 rings (SSSR count). The minimum Gasteiger partial charge on any atom is -0.506 e. The van der Waals surface area contributed by atoms with Crippen LogP contribution in [0.4, 0.5) is 0 Å². The maximum Gasteiger partial charge on any atom is 0.204 e. The van der Waals surface area contributed by atoms with Crippen LogP contribution in [-0.2, 0) is 6.42 Å². The Bertz CT molecular complexity index is 1250. The molecule has 5 nitrogen and oxygen atoms in total. The van der Waals surface area contributed by atoms with Crippen molar-refractivity contribution < 1.29 is 18.7 Å². The van der Waals surface area contributed by atoms with Crippen molar-refractivity contribution in [2.24, 2.45) is 0 Å². The summed E-state index contributed by atoms with van der Waals surface area (Å²) in [6.07, 6.45) is 5.51. The van der Waals surface area contributed by atoms with Crippen molar-refractivity contribution in [3.63, 3.8) is 0 Å². The highest BCUT2D eigenvalue weighted by molar-refractivity contribution is 6.04. The minimum atomic E-state index is -0.287. The summed E-state index contributed by atoms with van der Waals surface area (Å²) < 4.78 is 16.6. The van der Waals surface area contributed by atoms with E-state index in [9.17, 15) is 9.90 Å². The van der Waals surface area contributed by atoms with E-state index in [-0.39, 0.29) is 16.6 Å². The second-order valence-electron chi connectivity index (χ2n) is 6.89. The van der Waals surface area contributed by atoms with Crippen molar-refractivity contribution in [3.05, 3.63) is 70.3 Å². The summed E-state index contributed by atoms with van der Waals surface area (Å²) in [6.45, 7) is 4.00. The second-order valence-corrected chi connectivity index (χ2v) is 6.89. The Morgan fingerprint density at radius 3 is 2.54 bits per heavy atom. The molecule has 0 fully saturated rings. The summed E-state index contributed by atoms with van der Waals surface area (Å²) >= 11 is 0. The molecule has 0 unspecified atom stereocenters. The van der Waals surface area contributed by atoms with E-state index in [4.69, 9.17) is 13.6 Å². The first-order valence-electron chi connectivity index (χ1n) is 8.95. The second kappa shape index (κ2) is 6.93. The molecule has 0 amide bonds. The molecule has 2 aromatic carbocycles. The van der Waals surface area contributed by atoms with E-state index in [2.05, 4.69) is 0 Å². The lowest BCUT2D eigenvalue weighted by Crippen LogP contribution is -2.06. The molecule has 2 aromatic heterocycles. The molecule has 0 saturated carbocycles. The van der Waals surface area contributed by atoms with E-state index < -0.39 is 0 Å². The maximum absolute atomic E-state index is 13.3. The van der Waals surface area contributed by atoms with Gasteiger partial charge in [0.1, 0.15) is 34.3 Å². The van der Waals surface area contributed by atoms with Gasteiger partial charge < -0.3 is 18.7 Å². The lowest BCUT2D eigenvalue weighted by molar-refractivity contribution is 0.415. The Balaban J connectivity index is 2.02. The van der Waals surface area contributed by atoms with Crippen LogP contribution in [-0.4, -0.2) is 12.2 Å². The van der Waals surface area contributed by atoms with Crippen LogP contribution in [0.1, 0.15) is 19.4 Å². The van der Waals surface area contributed by atoms with Gasteiger partial charge in [0.05, 0.1) is 24.3 Å². The summed E-state index contributed by atoms with van der Waals surface area (Å²) in [4.78, 5) is 13.3. The van der Waals surface area contributed by atoms with Crippen molar-refractivity contribution in [2.75, 3.05) is 7.11 Å². The number of ether oxygens (including phenoxy) is 1. The monoisotopic (exact) mass is 376 g/mol. The molecule has 5 heteroatoms. The molecule has 4 aromatic rings. The molecular formula is C23H20O5. The summed E-state index contributed by atoms with van der Waals surface area (Å²) in [7, 11) is 1.58. The van der Waals surface area contributed by atoms with Gasteiger partial charge in [-0.05, 0) is 44.0 Å². The van der Waals surface area contributed by atoms with E-state index in [0.29, 0.717) is 39.8 Å². The number of furan rings is 1. The molecule has 1 N–H and O–H groups in total. The lowest BCUT2D eigenvalue weighted by atomic mass is 9.99. The fourth-order valence-corrected chi connectivity index (χ4v) is 3.33. The molecule has 0 atom stereocenters. The average Bonchev–Trinajstić information content (AvgIpc) is 3.18. The molecule has 2 heterocycles. The van der Waals surface area contributed by atoms with Gasteiger partial charge in [-0.2, -0.15) is 0 Å². The van der Waals surface area contributed by atoms with E-state index >= 15 is 0 Å². The molecule has 0 bridgehead atoms. The Hall–Kier alpha value is -3.47. The molecular weight excluding hydrogens is 356 g/mol. The van der Waals surface area contributed by atoms with E-state index in [1.807, 2.05) is 19.9 Å². The standard InChI is InChI=1S/C23H20O5/c1-13(2)4-9-17-22-16(10-11-27-22)20(24)19-21(25)18(12-28-23(17)19)14-5-7-15(26-3)8-6-14/h4-8,10-12,24H,9H2,1-3H3. The van der Waals surface area contributed by atoms with Crippen LogP contribution in [0.15, 0.2) is 68.1 Å². The smallest absolute Gasteiger partial charge is 0.204 e. The Labute approximate surface area is 161 Å². The number of benzene rings is 2. The quantitative estimate of drug-likeness (QED) is 0.481. The first-order chi connectivity index (χ1) is 13.5. The van der Waals surface area contributed by atoms with Crippen LogP contribution in [0.3, 0.4) is 0 Å². The predicted octanol–water partition coefficient (Wildman–Crippen LogP) is 5.43. The molecule has 0 radical (unpaired) electrons. The van der Waals surface area contributed by atoms with Gasteiger partial charge in [0.25, 0.3) is 0 Å². The van der Waals surface area contributed by atoms with Crippen LogP contribution in [0.25, 0.3) is 33.1 Å². The summed E-state index contributed by atoms with van der Waals surface area (Å²) in [5.74, 6) is 0.574. The number of hydrogen-bond acceptors (Lipinski definition) is 5. The third-order valence-corrected chi connectivity index (χ3v) is 4.81. The largest absolute Gasteiger partial charge is 0.506 e. The van der Waals surface area contributed by atoms with Crippen molar-refractivity contribution in [1.82, 2.24) is 0 Å². The number of phenolic OH excluding ortho intramolecular Hbond substituents is 1. The van der Waals surface area contributed by atoms with Crippen molar-refractivity contribution in [3.8, 4) is 22.6 Å². The molecule has 0 aliphatic heterocycles. The number of methoxy groups -OCH3 is 1. The summed E-state index contributed by atoms with van der Waals surface area (Å²) in [6, 6.07) is 8.79. The highest BCUT2D eigenvalue weighted by atomic mass is 16.5. The normalized spacial score (nSPS) is 11.1. The average molecular weight is 376 g/mol. The molecule has 142 valence electrons. The first kappa shape index (κ1) is 17.9. The highest BCUT2D eigenvalue weighted by Gasteiger charge is 2.21. The minimum absolute atomic E-state index is 0.121. The third-order valence-electron chi connectivity index (χ3n) is 4.81. The van der Waals surface area contributed by atoms with Gasteiger partial charge in [0, 0.05) is 5.56 Å². The fourth-order valence-electron chi connectivity index (χ4n) is 3.33. The zero-order chi connectivity index (χ0) is 19.8. The zero-order valence-electron chi connectivity index (χ0n) is 15.9. The van der Waals surface area contributed by atoms with Gasteiger partial charge in [0.2, 0.25) is 5.43 Å². The number of hydrogen-bond donors (Lipinski definition) is 1. The molecule has 0 spiro atoms. The van der Waals surface area contributed by atoms with E-state index in [1.54, 1.807) is 37.4 Å². The van der Waals surface area contributed by atoms with Gasteiger partial charge in [-0.1, -0.05) is 23.8 Å². The van der Waals surface area contributed by atoms with Gasteiger partial charge in [-0.15, -0.1) is 0 Å². The Morgan fingerprint density at radius 1 is 1.11 bits per heavy atom. The Kier molecular flexibility index (Phi) is 4.43. The Morgan fingerprint density at radius 2 is 1.86 bits per heavy atom. The van der Waals surface area contributed by atoms with Crippen LogP contribution in [0, 0.1) is 0 Å². The van der Waals surface area contributed by atoms with Crippen LogP contribution < -0.4 is 10.2 Å². The van der Waals surface area contributed by atoms with Crippen LogP contribution in [0.2, 0.25) is 0 Å².